The van der Waals surface area contributed by atoms with Crippen molar-refractivity contribution in [3.63, 3.8) is 0 Å². The minimum Gasteiger partial charge on any atom is -0.343 e. The molecule has 166 valence electrons. The summed E-state index contributed by atoms with van der Waals surface area (Å²) < 4.78 is 64.5. The summed E-state index contributed by atoms with van der Waals surface area (Å²) in [5.41, 5.74) is -0.512. The van der Waals surface area contributed by atoms with E-state index in [1.807, 2.05) is 0 Å². The van der Waals surface area contributed by atoms with Gasteiger partial charge in [-0.15, -0.1) is 0 Å². The average molecular weight is 455 g/mol. The molecule has 0 radical (unpaired) electrons. The van der Waals surface area contributed by atoms with Gasteiger partial charge in [0, 0.05) is 31.7 Å². The van der Waals surface area contributed by atoms with E-state index in [4.69, 9.17) is 0 Å². The van der Waals surface area contributed by atoms with Crippen molar-refractivity contribution < 1.29 is 31.2 Å². The third-order valence-corrected chi connectivity index (χ3v) is 6.76. The first kappa shape index (κ1) is 22.8. The second-order valence-corrected chi connectivity index (χ2v) is 8.79. The number of alkyl halides is 3. The lowest BCUT2D eigenvalue weighted by atomic mass is 10.2. The maximum Gasteiger partial charge on any atom is 0.416 e. The molecule has 2 aromatic rings. The van der Waals surface area contributed by atoms with Gasteiger partial charge in [-0.2, -0.15) is 17.5 Å². The molecule has 31 heavy (non-hydrogen) atoms. The van der Waals surface area contributed by atoms with Gasteiger partial charge in [-0.3, -0.25) is 9.59 Å². The lowest BCUT2D eigenvalue weighted by molar-refractivity contribution is -0.137. The Balaban J connectivity index is 1.54. The van der Waals surface area contributed by atoms with E-state index >= 15 is 0 Å². The van der Waals surface area contributed by atoms with E-state index in [1.165, 1.54) is 4.90 Å². The number of carbonyl (C=O) groups is 2. The van der Waals surface area contributed by atoms with Crippen LogP contribution in [0.2, 0.25) is 0 Å². The molecule has 11 heteroatoms. The standard InChI is InChI=1S/C20H20F3N3O4S/c21-20(22,23)16-6-8-17(9-7-16)31(29,30)26-12-10-25(11-13-26)18(27)14-24-19(28)15-4-2-1-3-5-15/h1-9H,10-14H2,(H,24,28). The van der Waals surface area contributed by atoms with Crippen molar-refractivity contribution >= 4 is 21.8 Å². The highest BCUT2D eigenvalue weighted by Crippen LogP contribution is 2.30. The van der Waals surface area contributed by atoms with Gasteiger partial charge in [-0.05, 0) is 36.4 Å². The molecule has 0 saturated carbocycles. The molecule has 1 aliphatic heterocycles. The number of hydrogen-bond acceptors (Lipinski definition) is 4. The fourth-order valence-corrected chi connectivity index (χ4v) is 4.52. The van der Waals surface area contributed by atoms with E-state index in [9.17, 15) is 31.2 Å². The molecule has 1 N–H and O–H groups in total. The Morgan fingerprint density at radius 1 is 0.903 bits per heavy atom. The molecule has 1 heterocycles. The summed E-state index contributed by atoms with van der Waals surface area (Å²) in [7, 11) is -3.98. The van der Waals surface area contributed by atoms with Crippen LogP contribution < -0.4 is 5.32 Å². The van der Waals surface area contributed by atoms with Crippen LogP contribution >= 0.6 is 0 Å². The average Bonchev–Trinajstić information content (AvgIpc) is 2.77. The van der Waals surface area contributed by atoms with Crippen LogP contribution in [0.25, 0.3) is 0 Å². The van der Waals surface area contributed by atoms with Gasteiger partial charge >= 0.3 is 6.18 Å². The summed E-state index contributed by atoms with van der Waals surface area (Å²) in [6.07, 6.45) is -4.55. The number of rotatable bonds is 5. The maximum absolute atomic E-state index is 12.7. The first-order chi connectivity index (χ1) is 14.6. The van der Waals surface area contributed by atoms with Gasteiger partial charge in [0.2, 0.25) is 15.9 Å². The van der Waals surface area contributed by atoms with Crippen molar-refractivity contribution in [1.82, 2.24) is 14.5 Å². The van der Waals surface area contributed by atoms with Gasteiger partial charge in [0.15, 0.2) is 0 Å². The molecule has 0 aliphatic carbocycles. The van der Waals surface area contributed by atoms with Crippen molar-refractivity contribution in [2.24, 2.45) is 0 Å². The Morgan fingerprint density at radius 2 is 1.48 bits per heavy atom. The Kier molecular flexibility index (Phi) is 6.65. The quantitative estimate of drug-likeness (QED) is 0.747. The number of amides is 2. The van der Waals surface area contributed by atoms with Crippen molar-refractivity contribution in [2.75, 3.05) is 32.7 Å². The zero-order chi connectivity index (χ0) is 22.6. The normalized spacial score (nSPS) is 15.5. The van der Waals surface area contributed by atoms with Crippen molar-refractivity contribution in [3.05, 3.63) is 65.7 Å². The number of sulfonamides is 1. The molecule has 1 aliphatic rings. The Hall–Kier alpha value is -2.92. The van der Waals surface area contributed by atoms with Crippen LogP contribution in [0.1, 0.15) is 15.9 Å². The SMILES string of the molecule is O=C(NCC(=O)N1CCN(S(=O)(=O)c2ccc(C(F)(F)F)cc2)CC1)c1ccccc1. The van der Waals surface area contributed by atoms with Gasteiger partial charge in [0.1, 0.15) is 0 Å². The highest BCUT2D eigenvalue weighted by molar-refractivity contribution is 7.89. The molecule has 0 bridgehead atoms. The molecular formula is C20H20F3N3O4S. The van der Waals surface area contributed by atoms with E-state index in [0.717, 1.165) is 28.6 Å². The summed E-state index contributed by atoms with van der Waals surface area (Å²) in [6.45, 7) is 0.00263. The van der Waals surface area contributed by atoms with E-state index < -0.39 is 27.7 Å². The summed E-state index contributed by atoms with van der Waals surface area (Å²) >= 11 is 0. The van der Waals surface area contributed by atoms with E-state index in [-0.39, 0.29) is 43.5 Å². The highest BCUT2D eigenvalue weighted by Gasteiger charge is 2.33. The Labute approximate surface area is 177 Å². The smallest absolute Gasteiger partial charge is 0.343 e. The lowest BCUT2D eigenvalue weighted by Crippen LogP contribution is -2.52. The minimum absolute atomic E-state index is 0.00171. The van der Waals surface area contributed by atoms with Gasteiger partial charge in [0.05, 0.1) is 17.0 Å². The van der Waals surface area contributed by atoms with Crippen LogP contribution in [0, 0.1) is 0 Å². The summed E-state index contributed by atoms with van der Waals surface area (Å²) in [5.74, 6) is -0.742. The molecule has 3 rings (SSSR count). The van der Waals surface area contributed by atoms with Crippen molar-refractivity contribution in [3.8, 4) is 0 Å². The third kappa shape index (κ3) is 5.42. The Bertz CT molecular complexity index is 1030. The van der Waals surface area contributed by atoms with Crippen molar-refractivity contribution in [2.45, 2.75) is 11.1 Å². The summed E-state index contributed by atoms with van der Waals surface area (Å²) in [5, 5.41) is 2.53. The second kappa shape index (κ2) is 9.06. The molecule has 2 amide bonds. The lowest BCUT2D eigenvalue weighted by Gasteiger charge is -2.34. The molecule has 0 unspecified atom stereocenters. The van der Waals surface area contributed by atoms with E-state index in [2.05, 4.69) is 5.32 Å². The van der Waals surface area contributed by atoms with Gasteiger partial charge < -0.3 is 10.2 Å². The molecule has 0 atom stereocenters. The zero-order valence-corrected chi connectivity index (χ0v) is 17.1. The zero-order valence-electron chi connectivity index (χ0n) is 16.3. The molecule has 0 aromatic heterocycles. The molecular weight excluding hydrogens is 435 g/mol. The van der Waals surface area contributed by atoms with E-state index in [1.54, 1.807) is 30.3 Å². The van der Waals surface area contributed by atoms with Crippen LogP contribution in [0.5, 0.6) is 0 Å². The van der Waals surface area contributed by atoms with Gasteiger partial charge in [-0.1, -0.05) is 18.2 Å². The number of carbonyl (C=O) groups excluding carboxylic acids is 2. The molecule has 2 aromatic carbocycles. The fraction of sp³-hybridized carbons (Fsp3) is 0.300. The maximum atomic E-state index is 12.7. The molecule has 1 saturated heterocycles. The number of nitrogens with one attached hydrogen (secondary N) is 1. The van der Waals surface area contributed by atoms with Gasteiger partial charge in [-0.25, -0.2) is 8.42 Å². The first-order valence-electron chi connectivity index (χ1n) is 9.37. The van der Waals surface area contributed by atoms with Crippen LogP contribution in [-0.2, 0) is 21.0 Å². The van der Waals surface area contributed by atoms with Crippen LogP contribution in [-0.4, -0.2) is 62.2 Å². The number of hydrogen-bond donors (Lipinski definition) is 1. The third-order valence-electron chi connectivity index (χ3n) is 4.85. The minimum atomic E-state index is -4.55. The molecule has 7 nitrogen and oxygen atoms in total. The second-order valence-electron chi connectivity index (χ2n) is 6.86. The number of benzene rings is 2. The fourth-order valence-electron chi connectivity index (χ4n) is 3.10. The largest absolute Gasteiger partial charge is 0.416 e. The predicted molar refractivity (Wildman–Crippen MR) is 106 cm³/mol. The molecule has 1 fully saturated rings. The molecule has 0 spiro atoms. The van der Waals surface area contributed by atoms with Crippen LogP contribution in [0.3, 0.4) is 0 Å². The summed E-state index contributed by atoms with van der Waals surface area (Å²) in [6, 6.07) is 11.7. The topological polar surface area (TPSA) is 86.8 Å². The Morgan fingerprint density at radius 3 is 2.03 bits per heavy atom. The first-order valence-corrected chi connectivity index (χ1v) is 10.8. The van der Waals surface area contributed by atoms with Crippen molar-refractivity contribution in [1.29, 1.82) is 0 Å². The summed E-state index contributed by atoms with van der Waals surface area (Å²) in [4.78, 5) is 25.5. The number of nitrogens with zero attached hydrogens (tertiary/aromatic N) is 2. The van der Waals surface area contributed by atoms with Crippen LogP contribution in [0.15, 0.2) is 59.5 Å². The number of piperazine rings is 1. The van der Waals surface area contributed by atoms with Crippen LogP contribution in [0.4, 0.5) is 13.2 Å². The number of halogens is 3. The monoisotopic (exact) mass is 455 g/mol. The van der Waals surface area contributed by atoms with Gasteiger partial charge in [0.25, 0.3) is 5.91 Å². The predicted octanol–water partition coefficient (Wildman–Crippen LogP) is 1.97. The van der Waals surface area contributed by atoms with E-state index in [0.29, 0.717) is 5.56 Å². The highest BCUT2D eigenvalue weighted by atomic mass is 32.2.